The van der Waals surface area contributed by atoms with Gasteiger partial charge in [0.25, 0.3) is 0 Å². The third kappa shape index (κ3) is 4.88. The lowest BCUT2D eigenvalue weighted by molar-refractivity contribution is -0.122. The lowest BCUT2D eigenvalue weighted by Gasteiger charge is -2.07. The number of nitrogens with two attached hydrogens (primary N) is 1. The molecule has 0 saturated carbocycles. The molecule has 0 aromatic heterocycles. The van der Waals surface area contributed by atoms with Gasteiger partial charge >= 0.3 is 0 Å². The van der Waals surface area contributed by atoms with E-state index in [9.17, 15) is 4.79 Å². The fourth-order valence-electron chi connectivity index (χ4n) is 1.09. The van der Waals surface area contributed by atoms with E-state index >= 15 is 0 Å². The largest absolute Gasteiger partial charge is 0.351 e. The minimum atomic E-state index is -0.449. The van der Waals surface area contributed by atoms with Gasteiger partial charge in [-0.15, -0.1) is 24.2 Å². The Balaban J connectivity index is 0.00000225. The molecule has 0 aliphatic heterocycles. The molecule has 3 N–H and O–H groups in total. The maximum absolute atomic E-state index is 11.2. The number of nitrogens with one attached hydrogen (secondary N) is 1. The van der Waals surface area contributed by atoms with Crippen molar-refractivity contribution in [2.45, 2.75) is 24.4 Å². The van der Waals surface area contributed by atoms with Gasteiger partial charge in [0.05, 0.1) is 6.04 Å². The fraction of sp³-hybridized carbons (Fsp3) is 0.364. The highest BCUT2D eigenvalue weighted by molar-refractivity contribution is 7.98. The molecule has 0 aliphatic carbocycles. The van der Waals surface area contributed by atoms with Gasteiger partial charge < -0.3 is 11.1 Å². The Kier molecular flexibility index (Phi) is 7.21. The van der Waals surface area contributed by atoms with Crippen LogP contribution in [0.15, 0.2) is 29.2 Å². The van der Waals surface area contributed by atoms with Crippen LogP contribution in [0.25, 0.3) is 0 Å². The van der Waals surface area contributed by atoms with Crippen LogP contribution < -0.4 is 11.1 Å². The predicted molar refractivity (Wildman–Crippen MR) is 71.0 cm³/mol. The van der Waals surface area contributed by atoms with E-state index < -0.39 is 6.04 Å². The molecule has 0 aliphatic rings. The number of hydrogen-bond acceptors (Lipinski definition) is 3. The first-order chi connectivity index (χ1) is 7.13. The first-order valence-corrected chi connectivity index (χ1v) is 6.02. The lowest BCUT2D eigenvalue weighted by atomic mass is 10.2. The van der Waals surface area contributed by atoms with Gasteiger partial charge in [-0.3, -0.25) is 4.79 Å². The van der Waals surface area contributed by atoms with E-state index in [1.54, 1.807) is 18.7 Å². The van der Waals surface area contributed by atoms with E-state index in [-0.39, 0.29) is 18.3 Å². The van der Waals surface area contributed by atoms with Crippen LogP contribution in [-0.2, 0) is 11.3 Å². The van der Waals surface area contributed by atoms with Crippen molar-refractivity contribution >= 4 is 30.1 Å². The monoisotopic (exact) mass is 260 g/mol. The zero-order valence-corrected chi connectivity index (χ0v) is 11.0. The van der Waals surface area contributed by atoms with Crippen LogP contribution in [-0.4, -0.2) is 18.2 Å². The van der Waals surface area contributed by atoms with E-state index in [0.717, 1.165) is 5.56 Å². The third-order valence-electron chi connectivity index (χ3n) is 2.04. The topological polar surface area (TPSA) is 55.1 Å². The van der Waals surface area contributed by atoms with E-state index in [0.29, 0.717) is 6.54 Å². The van der Waals surface area contributed by atoms with Gasteiger partial charge in [0.2, 0.25) is 5.91 Å². The summed E-state index contributed by atoms with van der Waals surface area (Å²) < 4.78 is 0. The summed E-state index contributed by atoms with van der Waals surface area (Å²) in [4.78, 5) is 12.4. The summed E-state index contributed by atoms with van der Waals surface area (Å²) in [5.74, 6) is -0.121. The lowest BCUT2D eigenvalue weighted by Crippen LogP contribution is -2.37. The molecule has 1 rings (SSSR count). The van der Waals surface area contributed by atoms with E-state index in [1.165, 1.54) is 4.90 Å². The van der Waals surface area contributed by atoms with Gasteiger partial charge in [0, 0.05) is 11.4 Å². The van der Waals surface area contributed by atoms with Crippen LogP contribution in [0.1, 0.15) is 12.5 Å². The van der Waals surface area contributed by atoms with Gasteiger partial charge in [-0.25, -0.2) is 0 Å². The van der Waals surface area contributed by atoms with Crippen molar-refractivity contribution in [3.8, 4) is 0 Å². The molecule has 0 heterocycles. The van der Waals surface area contributed by atoms with Crippen molar-refractivity contribution < 1.29 is 4.79 Å². The van der Waals surface area contributed by atoms with Crippen LogP contribution in [0.3, 0.4) is 0 Å². The molecule has 0 spiro atoms. The molecule has 1 atom stereocenters. The first kappa shape index (κ1) is 15.3. The number of halogens is 1. The number of hydrogen-bond donors (Lipinski definition) is 2. The molecule has 0 fully saturated rings. The number of rotatable bonds is 4. The van der Waals surface area contributed by atoms with Crippen LogP contribution in [0.2, 0.25) is 0 Å². The molecule has 0 radical (unpaired) electrons. The first-order valence-electron chi connectivity index (χ1n) is 4.79. The summed E-state index contributed by atoms with van der Waals surface area (Å²) in [7, 11) is 0. The van der Waals surface area contributed by atoms with Crippen molar-refractivity contribution in [1.82, 2.24) is 5.32 Å². The van der Waals surface area contributed by atoms with Gasteiger partial charge in [0.15, 0.2) is 0 Å². The minimum Gasteiger partial charge on any atom is -0.351 e. The van der Waals surface area contributed by atoms with Crippen molar-refractivity contribution in [3.63, 3.8) is 0 Å². The number of carbonyl (C=O) groups is 1. The fourth-order valence-corrected chi connectivity index (χ4v) is 1.50. The van der Waals surface area contributed by atoms with E-state index in [2.05, 4.69) is 5.32 Å². The molecule has 1 unspecified atom stereocenters. The molecule has 90 valence electrons. The average Bonchev–Trinajstić information content (AvgIpc) is 2.26. The van der Waals surface area contributed by atoms with Crippen LogP contribution in [0.4, 0.5) is 0 Å². The van der Waals surface area contributed by atoms with Gasteiger partial charge in [-0.05, 0) is 30.9 Å². The molecule has 16 heavy (non-hydrogen) atoms. The van der Waals surface area contributed by atoms with Crippen LogP contribution in [0.5, 0.6) is 0 Å². The zero-order chi connectivity index (χ0) is 11.3. The number of benzene rings is 1. The normalized spacial score (nSPS) is 11.4. The maximum atomic E-state index is 11.2. The quantitative estimate of drug-likeness (QED) is 0.812. The van der Waals surface area contributed by atoms with Crippen molar-refractivity contribution in [2.24, 2.45) is 5.73 Å². The molecular formula is C11H17ClN2OS. The summed E-state index contributed by atoms with van der Waals surface area (Å²) >= 11 is 1.70. The molecule has 1 aromatic carbocycles. The van der Waals surface area contributed by atoms with E-state index in [1.807, 2.05) is 30.5 Å². The van der Waals surface area contributed by atoms with Gasteiger partial charge in [-0.2, -0.15) is 0 Å². The Bertz CT molecular complexity index is 327. The molecule has 3 nitrogen and oxygen atoms in total. The van der Waals surface area contributed by atoms with Gasteiger partial charge in [0.1, 0.15) is 0 Å². The Labute approximate surface area is 107 Å². The number of thioether (sulfide) groups is 1. The second-order valence-electron chi connectivity index (χ2n) is 3.35. The second-order valence-corrected chi connectivity index (χ2v) is 4.23. The SMILES string of the molecule is CSc1ccc(CNC(=O)C(C)N)cc1.Cl. The molecule has 1 aromatic rings. The number of carbonyl (C=O) groups excluding carboxylic acids is 1. The Morgan fingerprint density at radius 2 is 2.00 bits per heavy atom. The molecule has 0 bridgehead atoms. The predicted octanol–water partition coefficient (Wildman–Crippen LogP) is 1.79. The van der Waals surface area contributed by atoms with Crippen molar-refractivity contribution in [2.75, 3.05) is 6.26 Å². The second kappa shape index (κ2) is 7.54. The third-order valence-corrected chi connectivity index (χ3v) is 2.78. The van der Waals surface area contributed by atoms with Crippen LogP contribution in [0, 0.1) is 0 Å². The van der Waals surface area contributed by atoms with Crippen molar-refractivity contribution in [3.05, 3.63) is 29.8 Å². The summed E-state index contributed by atoms with van der Waals surface area (Å²) in [6.07, 6.45) is 2.03. The van der Waals surface area contributed by atoms with E-state index in [4.69, 9.17) is 5.73 Å². The summed E-state index contributed by atoms with van der Waals surface area (Å²) in [5.41, 5.74) is 6.52. The average molecular weight is 261 g/mol. The Hall–Kier alpha value is -0.710. The maximum Gasteiger partial charge on any atom is 0.236 e. The summed E-state index contributed by atoms with van der Waals surface area (Å²) in [5, 5.41) is 2.77. The highest BCUT2D eigenvalue weighted by atomic mass is 35.5. The summed E-state index contributed by atoms with van der Waals surface area (Å²) in [6, 6.07) is 7.65. The molecular weight excluding hydrogens is 244 g/mol. The van der Waals surface area contributed by atoms with Crippen LogP contribution >= 0.6 is 24.2 Å². The zero-order valence-electron chi connectivity index (χ0n) is 9.40. The highest BCUT2D eigenvalue weighted by Crippen LogP contribution is 2.14. The highest BCUT2D eigenvalue weighted by Gasteiger charge is 2.05. The molecule has 5 heteroatoms. The standard InChI is InChI=1S/C11H16N2OS.ClH/c1-8(12)11(14)13-7-9-3-5-10(15-2)6-4-9;/h3-6,8H,7,12H2,1-2H3,(H,13,14);1H. The van der Waals surface area contributed by atoms with Gasteiger partial charge in [-0.1, -0.05) is 12.1 Å². The number of amides is 1. The Morgan fingerprint density at radius 3 is 2.44 bits per heavy atom. The molecule has 1 amide bonds. The van der Waals surface area contributed by atoms with Crippen molar-refractivity contribution in [1.29, 1.82) is 0 Å². The summed E-state index contributed by atoms with van der Waals surface area (Å²) in [6.45, 7) is 2.21. The minimum absolute atomic E-state index is 0. The smallest absolute Gasteiger partial charge is 0.236 e. The molecule has 0 saturated heterocycles. The Morgan fingerprint density at radius 1 is 1.44 bits per heavy atom.